The molecule has 5 heteroatoms. The monoisotopic (exact) mass is 434 g/mol. The summed E-state index contributed by atoms with van der Waals surface area (Å²) in [5.41, 5.74) is 4.14. The van der Waals surface area contributed by atoms with Gasteiger partial charge in [-0.25, -0.2) is 0 Å². The number of nitrogens with one attached hydrogen (secondary N) is 2. The first kappa shape index (κ1) is 22.9. The normalized spacial score (nSPS) is 11.8. The van der Waals surface area contributed by atoms with Gasteiger partial charge >= 0.3 is 0 Å². The molecule has 31 heavy (non-hydrogen) atoms. The number of amides is 2. The summed E-state index contributed by atoms with van der Waals surface area (Å²) in [6.07, 6.45) is 1.20. The van der Waals surface area contributed by atoms with E-state index in [1.165, 1.54) is 10.8 Å². The number of aryl methyl sites for hydroxylation is 2. The number of rotatable bonds is 9. The summed E-state index contributed by atoms with van der Waals surface area (Å²) in [7, 11) is 0. The van der Waals surface area contributed by atoms with Crippen molar-refractivity contribution in [1.82, 2.24) is 5.32 Å². The molecule has 1 atom stereocenters. The highest BCUT2D eigenvalue weighted by atomic mass is 32.2. The Balaban J connectivity index is 1.36. The summed E-state index contributed by atoms with van der Waals surface area (Å²) >= 11 is 1.56. The zero-order valence-corrected chi connectivity index (χ0v) is 19.2. The van der Waals surface area contributed by atoms with Crippen molar-refractivity contribution < 1.29 is 9.59 Å². The van der Waals surface area contributed by atoms with Crippen LogP contribution >= 0.6 is 11.8 Å². The predicted molar refractivity (Wildman–Crippen MR) is 132 cm³/mol. The minimum absolute atomic E-state index is 0.0191. The highest BCUT2D eigenvalue weighted by molar-refractivity contribution is 7.99. The Morgan fingerprint density at radius 2 is 1.61 bits per heavy atom. The van der Waals surface area contributed by atoms with E-state index in [1.807, 2.05) is 51.1 Å². The molecule has 0 bridgehead atoms. The molecule has 0 fully saturated rings. The molecule has 162 valence electrons. The van der Waals surface area contributed by atoms with E-state index in [4.69, 9.17) is 0 Å². The van der Waals surface area contributed by atoms with Gasteiger partial charge in [0.2, 0.25) is 11.8 Å². The molecule has 0 saturated heterocycles. The van der Waals surface area contributed by atoms with Gasteiger partial charge in [-0.1, -0.05) is 54.6 Å². The second kappa shape index (κ2) is 11.0. The Morgan fingerprint density at radius 1 is 0.903 bits per heavy atom. The minimum Gasteiger partial charge on any atom is -0.349 e. The average molecular weight is 435 g/mol. The zero-order chi connectivity index (χ0) is 22.2. The fraction of sp³-hybridized carbons (Fsp3) is 0.308. The molecule has 3 aromatic rings. The first-order valence-electron chi connectivity index (χ1n) is 10.7. The van der Waals surface area contributed by atoms with E-state index >= 15 is 0 Å². The van der Waals surface area contributed by atoms with E-state index in [0.29, 0.717) is 12.2 Å². The molecule has 0 aliphatic rings. The van der Waals surface area contributed by atoms with Crippen LogP contribution in [-0.2, 0) is 9.59 Å². The van der Waals surface area contributed by atoms with Crippen LogP contribution in [0.1, 0.15) is 42.5 Å². The minimum atomic E-state index is -0.0409. The third kappa shape index (κ3) is 6.59. The third-order valence-electron chi connectivity index (χ3n) is 5.32. The van der Waals surface area contributed by atoms with Crippen LogP contribution in [0.5, 0.6) is 0 Å². The lowest BCUT2D eigenvalue weighted by Gasteiger charge is -2.15. The second-order valence-corrected chi connectivity index (χ2v) is 8.97. The lowest BCUT2D eigenvalue weighted by Crippen LogP contribution is -2.28. The molecule has 0 heterocycles. The Bertz CT molecular complexity index is 1040. The van der Waals surface area contributed by atoms with E-state index in [9.17, 15) is 9.59 Å². The summed E-state index contributed by atoms with van der Waals surface area (Å²) in [6.45, 7) is 6.00. The van der Waals surface area contributed by atoms with E-state index < -0.39 is 0 Å². The van der Waals surface area contributed by atoms with Gasteiger partial charge in [-0.15, -0.1) is 0 Å². The summed E-state index contributed by atoms with van der Waals surface area (Å²) in [4.78, 5) is 24.5. The quantitative estimate of drug-likeness (QED) is 0.419. The van der Waals surface area contributed by atoms with Gasteiger partial charge in [0.15, 0.2) is 0 Å². The molecule has 2 N–H and O–H groups in total. The summed E-state index contributed by atoms with van der Waals surface area (Å²) < 4.78 is 0. The first-order valence-corrected chi connectivity index (χ1v) is 11.8. The van der Waals surface area contributed by atoms with Gasteiger partial charge in [0.1, 0.15) is 0 Å². The van der Waals surface area contributed by atoms with Crippen LogP contribution in [0.25, 0.3) is 10.8 Å². The summed E-state index contributed by atoms with van der Waals surface area (Å²) in [6, 6.07) is 20.4. The number of thioether (sulfide) groups is 1. The van der Waals surface area contributed by atoms with E-state index in [2.05, 4.69) is 41.0 Å². The molecule has 3 rings (SSSR count). The topological polar surface area (TPSA) is 58.2 Å². The molecule has 0 aliphatic heterocycles. The summed E-state index contributed by atoms with van der Waals surface area (Å²) in [5.74, 6) is 1.21. The largest absolute Gasteiger partial charge is 0.349 e. The van der Waals surface area contributed by atoms with E-state index in [1.54, 1.807) is 11.8 Å². The van der Waals surface area contributed by atoms with Crippen molar-refractivity contribution in [1.29, 1.82) is 0 Å². The van der Waals surface area contributed by atoms with Gasteiger partial charge < -0.3 is 10.6 Å². The third-order valence-corrected chi connectivity index (χ3v) is 6.37. The Hall–Kier alpha value is -2.79. The van der Waals surface area contributed by atoms with Crippen molar-refractivity contribution in [2.45, 2.75) is 39.7 Å². The van der Waals surface area contributed by atoms with Crippen molar-refractivity contribution in [3.05, 3.63) is 77.4 Å². The molecule has 0 aromatic heterocycles. The molecule has 0 aliphatic carbocycles. The summed E-state index contributed by atoms with van der Waals surface area (Å²) in [5, 5.41) is 8.45. The molecule has 0 radical (unpaired) electrons. The molecular weight excluding hydrogens is 404 g/mol. The van der Waals surface area contributed by atoms with Gasteiger partial charge in [-0.2, -0.15) is 11.8 Å². The predicted octanol–water partition coefficient (Wildman–Crippen LogP) is 5.79. The first-order chi connectivity index (χ1) is 14.9. The van der Waals surface area contributed by atoms with Crippen LogP contribution in [-0.4, -0.2) is 23.3 Å². The SMILES string of the molecule is Cc1cccc(C)c1NC(=O)CCCSCC(=O)NC(C)c1ccc2ccccc2c1. The number of anilines is 1. The number of hydrogen-bond donors (Lipinski definition) is 2. The van der Waals surface area contributed by atoms with Crippen LogP contribution in [0.4, 0.5) is 5.69 Å². The van der Waals surface area contributed by atoms with E-state index in [0.717, 1.165) is 34.6 Å². The second-order valence-electron chi connectivity index (χ2n) is 7.87. The smallest absolute Gasteiger partial charge is 0.230 e. The van der Waals surface area contributed by atoms with Gasteiger partial charge in [0, 0.05) is 12.1 Å². The average Bonchev–Trinajstić information content (AvgIpc) is 2.75. The number of carbonyl (C=O) groups excluding carboxylic acids is 2. The Morgan fingerprint density at radius 3 is 2.35 bits per heavy atom. The fourth-order valence-electron chi connectivity index (χ4n) is 3.56. The Kier molecular flexibility index (Phi) is 8.13. The van der Waals surface area contributed by atoms with Crippen LogP contribution in [0, 0.1) is 13.8 Å². The van der Waals surface area contributed by atoms with Crippen molar-refractivity contribution in [2.24, 2.45) is 0 Å². The molecule has 4 nitrogen and oxygen atoms in total. The van der Waals surface area contributed by atoms with Crippen molar-refractivity contribution >= 4 is 40.0 Å². The van der Waals surface area contributed by atoms with Crippen LogP contribution in [0.3, 0.4) is 0 Å². The highest BCUT2D eigenvalue weighted by Crippen LogP contribution is 2.21. The molecule has 1 unspecified atom stereocenters. The van der Waals surface area contributed by atoms with Crippen LogP contribution in [0.2, 0.25) is 0 Å². The van der Waals surface area contributed by atoms with Crippen molar-refractivity contribution in [3.63, 3.8) is 0 Å². The van der Waals surface area contributed by atoms with Gasteiger partial charge in [0.25, 0.3) is 0 Å². The van der Waals surface area contributed by atoms with Crippen LogP contribution < -0.4 is 10.6 Å². The van der Waals surface area contributed by atoms with Gasteiger partial charge in [-0.05, 0) is 66.5 Å². The highest BCUT2D eigenvalue weighted by Gasteiger charge is 2.11. The molecule has 2 amide bonds. The lowest BCUT2D eigenvalue weighted by atomic mass is 10.0. The molecule has 0 saturated carbocycles. The standard InChI is InChI=1S/C26H30N2O2S/c1-18-8-6-9-19(2)26(18)28-24(29)12-7-15-31-17-25(30)27-20(3)22-14-13-21-10-4-5-11-23(21)16-22/h4-6,8-11,13-14,16,20H,7,12,15,17H2,1-3H3,(H,27,30)(H,28,29). The fourth-order valence-corrected chi connectivity index (χ4v) is 4.32. The maximum absolute atomic E-state index is 12.3. The number of para-hydroxylation sites is 1. The van der Waals surface area contributed by atoms with Gasteiger partial charge in [-0.3, -0.25) is 9.59 Å². The maximum Gasteiger partial charge on any atom is 0.230 e. The molecule has 0 spiro atoms. The number of carbonyl (C=O) groups is 2. The molecular formula is C26H30N2O2S. The Labute approximate surface area is 188 Å². The van der Waals surface area contributed by atoms with Crippen LogP contribution in [0.15, 0.2) is 60.7 Å². The molecule has 3 aromatic carbocycles. The number of hydrogen-bond acceptors (Lipinski definition) is 3. The van der Waals surface area contributed by atoms with Crippen molar-refractivity contribution in [3.8, 4) is 0 Å². The maximum atomic E-state index is 12.3. The van der Waals surface area contributed by atoms with E-state index in [-0.39, 0.29) is 17.9 Å². The van der Waals surface area contributed by atoms with Gasteiger partial charge in [0.05, 0.1) is 11.8 Å². The van der Waals surface area contributed by atoms with Crippen molar-refractivity contribution in [2.75, 3.05) is 16.8 Å². The lowest BCUT2D eigenvalue weighted by molar-refractivity contribution is -0.119. The number of benzene rings is 3. The zero-order valence-electron chi connectivity index (χ0n) is 18.4. The number of fused-ring (bicyclic) bond motifs is 1.